The Hall–Kier alpha value is -0.680. The number of rotatable bonds is 3. The Morgan fingerprint density at radius 3 is 2.62 bits per heavy atom. The lowest BCUT2D eigenvalue weighted by atomic mass is 10.0. The van der Waals surface area contributed by atoms with Gasteiger partial charge in [0.15, 0.2) is 11.6 Å². The Morgan fingerprint density at radius 2 is 2.12 bits per heavy atom. The van der Waals surface area contributed by atoms with Gasteiger partial charge in [0.25, 0.3) is 0 Å². The molecule has 88 valence electrons. The summed E-state index contributed by atoms with van der Waals surface area (Å²) in [5.41, 5.74) is -0.444. The average Bonchev–Trinajstić information content (AvgIpc) is 2.93. The van der Waals surface area contributed by atoms with Crippen molar-refractivity contribution in [1.82, 2.24) is 0 Å². The van der Waals surface area contributed by atoms with Crippen molar-refractivity contribution in [2.45, 2.75) is 24.9 Å². The van der Waals surface area contributed by atoms with E-state index in [1.807, 2.05) is 0 Å². The molecule has 1 fully saturated rings. The average molecular weight is 293 g/mol. The van der Waals surface area contributed by atoms with Gasteiger partial charge in [-0.3, -0.25) is 0 Å². The van der Waals surface area contributed by atoms with Crippen LogP contribution in [0.3, 0.4) is 0 Å². The van der Waals surface area contributed by atoms with Crippen molar-refractivity contribution in [2.75, 3.05) is 7.11 Å². The number of hydrogen-bond acceptors (Lipinski definition) is 2. The minimum Gasteiger partial charge on any atom is -0.493 e. The molecule has 0 saturated heterocycles. The number of benzene rings is 1. The van der Waals surface area contributed by atoms with Gasteiger partial charge in [-0.25, -0.2) is 8.78 Å². The first kappa shape index (κ1) is 11.8. The molecule has 2 rings (SSSR count). The van der Waals surface area contributed by atoms with Gasteiger partial charge in [0.2, 0.25) is 0 Å². The Bertz CT molecular complexity index is 430. The van der Waals surface area contributed by atoms with E-state index in [0.717, 1.165) is 0 Å². The summed E-state index contributed by atoms with van der Waals surface area (Å²) in [5.74, 6) is -1.45. The highest BCUT2D eigenvalue weighted by Gasteiger charge is 2.41. The van der Waals surface area contributed by atoms with Gasteiger partial charge in [-0.15, -0.1) is 0 Å². The zero-order valence-electron chi connectivity index (χ0n) is 8.69. The first-order valence-corrected chi connectivity index (χ1v) is 5.69. The van der Waals surface area contributed by atoms with E-state index in [-0.39, 0.29) is 16.6 Å². The second-order valence-electron chi connectivity index (χ2n) is 4.08. The van der Waals surface area contributed by atoms with Crippen LogP contribution in [0.1, 0.15) is 18.4 Å². The lowest BCUT2D eigenvalue weighted by Crippen LogP contribution is -2.12. The van der Waals surface area contributed by atoms with Crippen LogP contribution in [0.2, 0.25) is 0 Å². The molecule has 1 aromatic carbocycles. The third kappa shape index (κ3) is 2.06. The predicted molar refractivity (Wildman–Crippen MR) is 58.5 cm³/mol. The van der Waals surface area contributed by atoms with E-state index in [0.29, 0.717) is 18.4 Å². The van der Waals surface area contributed by atoms with Crippen molar-refractivity contribution >= 4 is 15.9 Å². The summed E-state index contributed by atoms with van der Waals surface area (Å²) in [6.07, 6.45) is 1.54. The largest absolute Gasteiger partial charge is 0.493 e. The van der Waals surface area contributed by atoms with E-state index in [2.05, 4.69) is 15.9 Å². The van der Waals surface area contributed by atoms with Gasteiger partial charge in [-0.05, 0) is 34.8 Å². The van der Waals surface area contributed by atoms with Crippen LogP contribution in [-0.2, 0) is 6.42 Å². The van der Waals surface area contributed by atoms with Crippen LogP contribution in [0.15, 0.2) is 10.5 Å². The summed E-state index contributed by atoms with van der Waals surface area (Å²) in [6.45, 7) is 0. The molecule has 0 aromatic heterocycles. The van der Waals surface area contributed by atoms with Crippen LogP contribution in [0.5, 0.6) is 5.75 Å². The van der Waals surface area contributed by atoms with Gasteiger partial charge in [-0.1, -0.05) is 0 Å². The van der Waals surface area contributed by atoms with E-state index in [1.165, 1.54) is 13.2 Å². The maximum atomic E-state index is 13.6. The van der Waals surface area contributed by atoms with Crippen molar-refractivity contribution in [1.29, 1.82) is 0 Å². The smallest absolute Gasteiger partial charge is 0.182 e. The van der Waals surface area contributed by atoms with Crippen molar-refractivity contribution in [3.05, 3.63) is 27.7 Å². The number of ether oxygens (including phenoxy) is 1. The molecule has 0 aliphatic heterocycles. The van der Waals surface area contributed by atoms with E-state index >= 15 is 0 Å². The lowest BCUT2D eigenvalue weighted by molar-refractivity contribution is 0.149. The Labute approximate surface area is 100 Å². The highest BCUT2D eigenvalue weighted by atomic mass is 79.9. The van der Waals surface area contributed by atoms with Crippen molar-refractivity contribution in [3.8, 4) is 5.75 Å². The summed E-state index contributed by atoms with van der Waals surface area (Å²) in [6, 6.07) is 1.20. The van der Waals surface area contributed by atoms with Crippen LogP contribution in [0.4, 0.5) is 8.78 Å². The molecule has 0 spiro atoms. The van der Waals surface area contributed by atoms with Crippen LogP contribution >= 0.6 is 15.9 Å². The van der Waals surface area contributed by atoms with E-state index in [1.54, 1.807) is 0 Å². The Morgan fingerprint density at radius 1 is 1.50 bits per heavy atom. The molecule has 0 radical (unpaired) electrons. The summed E-state index contributed by atoms with van der Waals surface area (Å²) < 4.78 is 31.6. The maximum absolute atomic E-state index is 13.6. The maximum Gasteiger partial charge on any atom is 0.182 e. The molecule has 1 aromatic rings. The van der Waals surface area contributed by atoms with Crippen LogP contribution < -0.4 is 4.74 Å². The highest BCUT2D eigenvalue weighted by molar-refractivity contribution is 9.10. The zero-order chi connectivity index (χ0) is 11.9. The molecular weight excluding hydrogens is 282 g/mol. The number of halogens is 3. The standard InChI is InChI=1S/C11H11BrF2O2/c1-16-10-6(5-11(15)2-3-11)4-7(13)8(12)9(10)14/h4,15H,2-3,5H2,1H3. The molecule has 0 bridgehead atoms. The van der Waals surface area contributed by atoms with Crippen molar-refractivity contribution in [2.24, 2.45) is 0 Å². The summed E-state index contributed by atoms with van der Waals surface area (Å²) >= 11 is 2.81. The number of hydrogen-bond donors (Lipinski definition) is 1. The fraction of sp³-hybridized carbons (Fsp3) is 0.455. The fourth-order valence-corrected chi connectivity index (χ4v) is 1.95. The molecule has 0 unspecified atom stereocenters. The molecule has 1 aliphatic carbocycles. The topological polar surface area (TPSA) is 29.5 Å². The molecule has 0 heterocycles. The molecule has 2 nitrogen and oxygen atoms in total. The van der Waals surface area contributed by atoms with Crippen molar-refractivity contribution in [3.63, 3.8) is 0 Å². The summed E-state index contributed by atoms with van der Waals surface area (Å²) in [4.78, 5) is 0. The second kappa shape index (κ2) is 3.96. The van der Waals surface area contributed by atoms with Crippen LogP contribution in [0, 0.1) is 11.6 Å². The third-order valence-corrected chi connectivity index (χ3v) is 3.47. The van der Waals surface area contributed by atoms with E-state index in [4.69, 9.17) is 4.74 Å². The zero-order valence-corrected chi connectivity index (χ0v) is 10.3. The molecule has 1 saturated carbocycles. The molecule has 1 aliphatic rings. The van der Waals surface area contributed by atoms with Gasteiger partial charge in [0.05, 0.1) is 17.2 Å². The fourth-order valence-electron chi connectivity index (χ4n) is 1.65. The molecule has 5 heteroatoms. The minimum atomic E-state index is -0.806. The van der Waals surface area contributed by atoms with Gasteiger partial charge >= 0.3 is 0 Å². The van der Waals surface area contributed by atoms with E-state index < -0.39 is 17.2 Å². The SMILES string of the molecule is COc1c(CC2(O)CC2)cc(F)c(Br)c1F. The molecular formula is C11H11BrF2O2. The normalized spacial score (nSPS) is 17.3. The molecule has 0 amide bonds. The van der Waals surface area contributed by atoms with Crippen LogP contribution in [-0.4, -0.2) is 17.8 Å². The monoisotopic (exact) mass is 292 g/mol. The van der Waals surface area contributed by atoms with Gasteiger partial charge in [0.1, 0.15) is 5.82 Å². The molecule has 16 heavy (non-hydrogen) atoms. The second-order valence-corrected chi connectivity index (χ2v) is 4.87. The third-order valence-electron chi connectivity index (χ3n) is 2.75. The van der Waals surface area contributed by atoms with Crippen LogP contribution in [0.25, 0.3) is 0 Å². The van der Waals surface area contributed by atoms with Crippen molar-refractivity contribution < 1.29 is 18.6 Å². The number of methoxy groups -OCH3 is 1. The van der Waals surface area contributed by atoms with Gasteiger partial charge in [0, 0.05) is 12.0 Å². The quantitative estimate of drug-likeness (QED) is 0.868. The Kier molecular flexibility index (Phi) is 2.92. The Balaban J connectivity index is 2.43. The summed E-state index contributed by atoms with van der Waals surface area (Å²) in [7, 11) is 1.32. The lowest BCUT2D eigenvalue weighted by Gasteiger charge is -2.14. The highest BCUT2D eigenvalue weighted by Crippen LogP contribution is 2.42. The van der Waals surface area contributed by atoms with E-state index in [9.17, 15) is 13.9 Å². The van der Waals surface area contributed by atoms with Gasteiger partial charge in [-0.2, -0.15) is 0 Å². The molecule has 0 atom stereocenters. The first-order valence-electron chi connectivity index (χ1n) is 4.89. The minimum absolute atomic E-state index is 0.00593. The molecule has 1 N–H and O–H groups in total. The number of aliphatic hydroxyl groups is 1. The summed E-state index contributed by atoms with van der Waals surface area (Å²) in [5, 5.41) is 9.74. The van der Waals surface area contributed by atoms with Gasteiger partial charge < -0.3 is 9.84 Å². The predicted octanol–water partition coefficient (Wildman–Crippen LogP) is 2.80. The first-order chi connectivity index (χ1) is 7.47.